The lowest BCUT2D eigenvalue weighted by atomic mass is 10.1. The molecule has 0 fully saturated rings. The third-order valence-corrected chi connectivity index (χ3v) is 3.29. The van der Waals surface area contributed by atoms with Crippen molar-refractivity contribution in [2.24, 2.45) is 5.73 Å². The summed E-state index contributed by atoms with van der Waals surface area (Å²) in [5.74, 6) is 0.0117. The SMILES string of the molecule is CC(CN)N(C)C(=O)c1ccc2c(c1)COC2.Cl. The maximum absolute atomic E-state index is 12.2. The van der Waals surface area contributed by atoms with Crippen molar-refractivity contribution in [2.75, 3.05) is 13.6 Å². The molecule has 0 radical (unpaired) electrons. The Morgan fingerprint density at radius 2 is 2.11 bits per heavy atom. The second-order valence-corrected chi connectivity index (χ2v) is 4.48. The largest absolute Gasteiger partial charge is 0.372 e. The lowest BCUT2D eigenvalue weighted by molar-refractivity contribution is 0.0748. The summed E-state index contributed by atoms with van der Waals surface area (Å²) < 4.78 is 5.33. The monoisotopic (exact) mass is 270 g/mol. The highest BCUT2D eigenvalue weighted by Crippen LogP contribution is 2.21. The van der Waals surface area contributed by atoms with Crippen LogP contribution in [0, 0.1) is 0 Å². The van der Waals surface area contributed by atoms with Crippen LogP contribution in [0.2, 0.25) is 0 Å². The molecule has 0 bridgehead atoms. The molecule has 1 unspecified atom stereocenters. The van der Waals surface area contributed by atoms with E-state index in [0.29, 0.717) is 25.3 Å². The normalized spacial score (nSPS) is 14.6. The second-order valence-electron chi connectivity index (χ2n) is 4.48. The number of benzene rings is 1. The average Bonchev–Trinajstić information content (AvgIpc) is 2.83. The van der Waals surface area contributed by atoms with Gasteiger partial charge in [0.2, 0.25) is 0 Å². The molecular formula is C13H19ClN2O2. The number of nitrogens with two attached hydrogens (primary N) is 1. The Labute approximate surface area is 114 Å². The first-order chi connectivity index (χ1) is 8.13. The Balaban J connectivity index is 0.00000162. The predicted molar refractivity (Wildman–Crippen MR) is 72.8 cm³/mol. The number of rotatable bonds is 3. The molecule has 2 N–H and O–H groups in total. The molecule has 0 saturated heterocycles. The maximum Gasteiger partial charge on any atom is 0.253 e. The molecular weight excluding hydrogens is 252 g/mol. The van der Waals surface area contributed by atoms with Crippen molar-refractivity contribution in [1.29, 1.82) is 0 Å². The van der Waals surface area contributed by atoms with Crippen LogP contribution in [0.4, 0.5) is 0 Å². The quantitative estimate of drug-likeness (QED) is 0.907. The van der Waals surface area contributed by atoms with Gasteiger partial charge < -0.3 is 15.4 Å². The highest BCUT2D eigenvalue weighted by atomic mass is 35.5. The van der Waals surface area contributed by atoms with Crippen molar-refractivity contribution in [3.8, 4) is 0 Å². The summed E-state index contributed by atoms with van der Waals surface area (Å²) in [7, 11) is 1.78. The fourth-order valence-corrected chi connectivity index (χ4v) is 1.87. The zero-order valence-corrected chi connectivity index (χ0v) is 11.5. The maximum atomic E-state index is 12.2. The van der Waals surface area contributed by atoms with Crippen LogP contribution in [-0.2, 0) is 18.0 Å². The van der Waals surface area contributed by atoms with Gasteiger partial charge in [-0.1, -0.05) is 6.07 Å². The lowest BCUT2D eigenvalue weighted by Crippen LogP contribution is -2.39. The lowest BCUT2D eigenvalue weighted by Gasteiger charge is -2.23. The van der Waals surface area contributed by atoms with Crippen molar-refractivity contribution in [2.45, 2.75) is 26.2 Å². The van der Waals surface area contributed by atoms with E-state index >= 15 is 0 Å². The summed E-state index contributed by atoms with van der Waals surface area (Å²) >= 11 is 0. The molecule has 18 heavy (non-hydrogen) atoms. The highest BCUT2D eigenvalue weighted by molar-refractivity contribution is 5.94. The van der Waals surface area contributed by atoms with Crippen LogP contribution in [-0.4, -0.2) is 30.4 Å². The number of carbonyl (C=O) groups is 1. The number of nitrogens with zero attached hydrogens (tertiary/aromatic N) is 1. The number of ether oxygens (including phenoxy) is 1. The van der Waals surface area contributed by atoms with E-state index in [4.69, 9.17) is 10.5 Å². The van der Waals surface area contributed by atoms with Crippen molar-refractivity contribution < 1.29 is 9.53 Å². The van der Waals surface area contributed by atoms with E-state index in [-0.39, 0.29) is 24.4 Å². The van der Waals surface area contributed by atoms with Crippen molar-refractivity contribution in [1.82, 2.24) is 4.90 Å². The van der Waals surface area contributed by atoms with Crippen LogP contribution < -0.4 is 5.73 Å². The summed E-state index contributed by atoms with van der Waals surface area (Å²) in [6.45, 7) is 3.66. The highest BCUT2D eigenvalue weighted by Gasteiger charge is 2.19. The van der Waals surface area contributed by atoms with Crippen LogP contribution in [0.3, 0.4) is 0 Å². The van der Waals surface area contributed by atoms with E-state index < -0.39 is 0 Å². The number of amides is 1. The van der Waals surface area contributed by atoms with Gasteiger partial charge in [-0.25, -0.2) is 0 Å². The minimum Gasteiger partial charge on any atom is -0.372 e. The van der Waals surface area contributed by atoms with Gasteiger partial charge >= 0.3 is 0 Å². The van der Waals surface area contributed by atoms with Crippen LogP contribution in [0.1, 0.15) is 28.4 Å². The molecule has 5 heteroatoms. The molecule has 1 heterocycles. The van der Waals surface area contributed by atoms with Crippen LogP contribution in [0.15, 0.2) is 18.2 Å². The Morgan fingerprint density at radius 3 is 2.78 bits per heavy atom. The Kier molecular flexibility index (Phi) is 5.14. The van der Waals surface area contributed by atoms with E-state index in [9.17, 15) is 4.79 Å². The summed E-state index contributed by atoms with van der Waals surface area (Å²) in [5.41, 5.74) is 8.56. The summed E-state index contributed by atoms with van der Waals surface area (Å²) in [6, 6.07) is 5.79. The fraction of sp³-hybridized carbons (Fsp3) is 0.462. The first-order valence-corrected chi connectivity index (χ1v) is 5.80. The summed E-state index contributed by atoms with van der Waals surface area (Å²) in [6.07, 6.45) is 0. The van der Waals surface area contributed by atoms with E-state index in [0.717, 1.165) is 5.56 Å². The molecule has 4 nitrogen and oxygen atoms in total. The molecule has 100 valence electrons. The molecule has 0 saturated carbocycles. The summed E-state index contributed by atoms with van der Waals surface area (Å²) in [5, 5.41) is 0. The molecule has 1 atom stereocenters. The van der Waals surface area contributed by atoms with Crippen LogP contribution in [0.25, 0.3) is 0 Å². The minimum atomic E-state index is 0. The molecule has 1 aromatic rings. The van der Waals surface area contributed by atoms with Crippen molar-refractivity contribution >= 4 is 18.3 Å². The van der Waals surface area contributed by atoms with Gasteiger partial charge in [-0.2, -0.15) is 0 Å². The number of fused-ring (bicyclic) bond motifs is 1. The molecule has 1 amide bonds. The third kappa shape index (κ3) is 2.83. The fourth-order valence-electron chi connectivity index (χ4n) is 1.87. The van der Waals surface area contributed by atoms with Gasteiger partial charge in [0.25, 0.3) is 5.91 Å². The number of hydrogen-bond donors (Lipinski definition) is 1. The number of hydrogen-bond acceptors (Lipinski definition) is 3. The molecule has 0 aromatic heterocycles. The van der Waals surface area contributed by atoms with Crippen molar-refractivity contribution in [3.05, 3.63) is 34.9 Å². The number of likely N-dealkylation sites (N-methyl/N-ethyl adjacent to an activating group) is 1. The van der Waals surface area contributed by atoms with Gasteiger partial charge in [0.1, 0.15) is 0 Å². The van der Waals surface area contributed by atoms with E-state index in [2.05, 4.69) is 0 Å². The van der Waals surface area contributed by atoms with Gasteiger partial charge in [0.15, 0.2) is 0 Å². The van der Waals surface area contributed by atoms with Crippen LogP contribution in [0.5, 0.6) is 0 Å². The van der Waals surface area contributed by atoms with Gasteiger partial charge in [-0.05, 0) is 30.2 Å². The molecule has 1 aromatic carbocycles. The first kappa shape index (κ1) is 15.0. The Hall–Kier alpha value is -1.10. The van der Waals surface area contributed by atoms with Gasteiger partial charge in [-0.15, -0.1) is 12.4 Å². The average molecular weight is 271 g/mol. The standard InChI is InChI=1S/C13H18N2O2.ClH/c1-9(6-14)15(2)13(16)10-3-4-11-7-17-8-12(11)5-10;/h3-5,9H,6-8,14H2,1-2H3;1H. The number of carbonyl (C=O) groups excluding carboxylic acids is 1. The van der Waals surface area contributed by atoms with E-state index in [1.54, 1.807) is 11.9 Å². The predicted octanol–water partition coefficient (Wildman–Crippen LogP) is 1.56. The van der Waals surface area contributed by atoms with Gasteiger partial charge in [-0.3, -0.25) is 4.79 Å². The second kappa shape index (κ2) is 6.18. The third-order valence-electron chi connectivity index (χ3n) is 3.29. The molecule has 1 aliphatic rings. The van der Waals surface area contributed by atoms with Gasteiger partial charge in [0.05, 0.1) is 13.2 Å². The number of halogens is 1. The van der Waals surface area contributed by atoms with Crippen molar-refractivity contribution in [3.63, 3.8) is 0 Å². The minimum absolute atomic E-state index is 0. The Bertz CT molecular complexity index is 437. The first-order valence-electron chi connectivity index (χ1n) is 5.80. The van der Waals surface area contributed by atoms with E-state index in [1.165, 1.54) is 5.56 Å². The molecule has 0 aliphatic carbocycles. The topological polar surface area (TPSA) is 55.6 Å². The Morgan fingerprint density at radius 1 is 1.44 bits per heavy atom. The summed E-state index contributed by atoms with van der Waals surface area (Å²) in [4.78, 5) is 13.9. The van der Waals surface area contributed by atoms with E-state index in [1.807, 2.05) is 25.1 Å². The molecule has 2 rings (SSSR count). The zero-order valence-electron chi connectivity index (χ0n) is 10.7. The zero-order chi connectivity index (χ0) is 12.4. The van der Waals surface area contributed by atoms with Crippen LogP contribution >= 0.6 is 12.4 Å². The van der Waals surface area contributed by atoms with Gasteiger partial charge in [0, 0.05) is 25.2 Å². The molecule has 0 spiro atoms. The smallest absolute Gasteiger partial charge is 0.253 e. The molecule has 1 aliphatic heterocycles.